The number of ether oxygens (including phenoxy) is 1. The minimum Gasteiger partial charge on any atom is -0.491 e. The van der Waals surface area contributed by atoms with Crippen LogP contribution in [0.3, 0.4) is 0 Å². The zero-order valence-corrected chi connectivity index (χ0v) is 22.1. The Hall–Kier alpha value is -4.77. The predicted octanol–water partition coefficient (Wildman–Crippen LogP) is 4.53. The van der Waals surface area contributed by atoms with Crippen LogP contribution in [0.4, 0.5) is 15.9 Å². The van der Waals surface area contributed by atoms with Crippen LogP contribution in [0, 0.1) is 5.82 Å². The summed E-state index contributed by atoms with van der Waals surface area (Å²) in [6.45, 7) is 5.24. The summed E-state index contributed by atoms with van der Waals surface area (Å²) in [5.74, 6) is 0.617. The molecule has 0 radical (unpaired) electrons. The number of aliphatic hydroxyl groups excluding tert-OH is 1. The highest BCUT2D eigenvalue weighted by Gasteiger charge is 2.28. The van der Waals surface area contributed by atoms with Crippen molar-refractivity contribution in [3.05, 3.63) is 89.1 Å². The van der Waals surface area contributed by atoms with E-state index in [1.54, 1.807) is 47.2 Å². The molecule has 40 heavy (non-hydrogen) atoms. The Morgan fingerprint density at radius 3 is 2.67 bits per heavy atom. The maximum Gasteiger partial charge on any atom is 0.276 e. The van der Waals surface area contributed by atoms with Gasteiger partial charge in [0, 0.05) is 42.2 Å². The number of aromatic amines is 1. The molecular weight excluding hydrogens is 513 g/mol. The van der Waals surface area contributed by atoms with Crippen molar-refractivity contribution >= 4 is 23.1 Å². The lowest BCUT2D eigenvalue weighted by molar-refractivity contribution is 0.102. The molecule has 11 heteroatoms. The Morgan fingerprint density at radius 2 is 1.95 bits per heavy atom. The number of aliphatic hydroxyl groups is 1. The van der Waals surface area contributed by atoms with Gasteiger partial charge in [-0.25, -0.2) is 13.9 Å². The molecular formula is C29H28FN7O3. The molecule has 204 valence electrons. The Morgan fingerprint density at radius 1 is 1.15 bits per heavy atom. The number of benzene rings is 2. The van der Waals surface area contributed by atoms with Gasteiger partial charge in [0.2, 0.25) is 0 Å². The summed E-state index contributed by atoms with van der Waals surface area (Å²) < 4.78 is 21.0. The van der Waals surface area contributed by atoms with Crippen molar-refractivity contribution in [2.24, 2.45) is 0 Å². The molecule has 2 aromatic carbocycles. The summed E-state index contributed by atoms with van der Waals surface area (Å²) in [7, 11) is 0. The Bertz CT molecular complexity index is 1680. The standard InChI is InChI=1S/C29H28FN7O3/c1-17(2)26-27(29(39)33-22-5-7-23(8-6-22)40-10-9-38)35-37-24(20-13-31-32-14-20)12-25(34-28(26)37)36-15-18-3-4-21(30)11-19(18)16-36/h3-8,11-14,17,38H,9-10,15-16H2,1-2H3,(H,31,32)(H,33,39). The third-order valence-corrected chi connectivity index (χ3v) is 6.88. The van der Waals surface area contributed by atoms with Crippen molar-refractivity contribution in [1.82, 2.24) is 24.8 Å². The third kappa shape index (κ3) is 4.75. The first-order valence-electron chi connectivity index (χ1n) is 13.0. The highest BCUT2D eigenvalue weighted by Crippen LogP contribution is 2.34. The second-order valence-corrected chi connectivity index (χ2v) is 9.96. The second kappa shape index (κ2) is 10.4. The number of halogens is 1. The van der Waals surface area contributed by atoms with Gasteiger partial charge in [-0.05, 0) is 53.4 Å². The molecule has 0 bridgehead atoms. The molecule has 1 amide bonds. The van der Waals surface area contributed by atoms with Gasteiger partial charge < -0.3 is 20.1 Å². The van der Waals surface area contributed by atoms with E-state index in [1.807, 2.05) is 26.0 Å². The first-order chi connectivity index (χ1) is 19.4. The van der Waals surface area contributed by atoms with Gasteiger partial charge in [0.15, 0.2) is 11.3 Å². The number of amides is 1. The van der Waals surface area contributed by atoms with Gasteiger partial charge in [-0.2, -0.15) is 10.2 Å². The van der Waals surface area contributed by atoms with Crippen molar-refractivity contribution in [2.75, 3.05) is 23.4 Å². The van der Waals surface area contributed by atoms with Gasteiger partial charge in [0.25, 0.3) is 5.91 Å². The lowest BCUT2D eigenvalue weighted by Crippen LogP contribution is -2.17. The van der Waals surface area contributed by atoms with Crippen molar-refractivity contribution < 1.29 is 19.0 Å². The number of nitrogens with zero attached hydrogens (tertiary/aromatic N) is 5. The molecule has 0 atom stereocenters. The van der Waals surface area contributed by atoms with E-state index in [-0.39, 0.29) is 36.5 Å². The van der Waals surface area contributed by atoms with E-state index in [1.165, 1.54) is 6.07 Å². The normalized spacial score (nSPS) is 12.8. The number of carbonyl (C=O) groups is 1. The number of nitrogens with one attached hydrogen (secondary N) is 2. The SMILES string of the molecule is CC(C)c1c(C(=O)Nc2ccc(OCCO)cc2)nn2c(-c3cn[nH]c3)cc(N3Cc4ccc(F)cc4C3)nc12. The zero-order valence-electron chi connectivity index (χ0n) is 22.1. The third-order valence-electron chi connectivity index (χ3n) is 6.88. The van der Waals surface area contributed by atoms with Gasteiger partial charge in [-0.15, -0.1) is 0 Å². The molecule has 1 aliphatic heterocycles. The average molecular weight is 542 g/mol. The quantitative estimate of drug-likeness (QED) is 0.264. The molecule has 0 unspecified atom stereocenters. The molecule has 0 spiro atoms. The van der Waals surface area contributed by atoms with Crippen LogP contribution in [0.5, 0.6) is 5.75 Å². The summed E-state index contributed by atoms with van der Waals surface area (Å²) in [6, 6.07) is 13.7. The molecule has 4 heterocycles. The van der Waals surface area contributed by atoms with Crippen LogP contribution in [0.1, 0.15) is 46.9 Å². The Labute approximate surface area is 229 Å². The predicted molar refractivity (Wildman–Crippen MR) is 148 cm³/mol. The number of aromatic nitrogens is 5. The first kappa shape index (κ1) is 25.5. The highest BCUT2D eigenvalue weighted by molar-refractivity contribution is 6.05. The van der Waals surface area contributed by atoms with Gasteiger partial charge in [0.05, 0.1) is 18.5 Å². The van der Waals surface area contributed by atoms with E-state index >= 15 is 0 Å². The second-order valence-electron chi connectivity index (χ2n) is 9.96. The highest BCUT2D eigenvalue weighted by atomic mass is 19.1. The topological polar surface area (TPSA) is 121 Å². The number of H-pyrrole nitrogens is 1. The number of rotatable bonds is 8. The van der Waals surface area contributed by atoms with E-state index in [4.69, 9.17) is 19.9 Å². The number of carbonyl (C=O) groups excluding carboxylic acids is 1. The number of hydrogen-bond acceptors (Lipinski definition) is 7. The maximum atomic E-state index is 13.9. The summed E-state index contributed by atoms with van der Waals surface area (Å²) in [4.78, 5) is 20.6. The van der Waals surface area contributed by atoms with Gasteiger partial charge >= 0.3 is 0 Å². The molecule has 5 aromatic rings. The van der Waals surface area contributed by atoms with E-state index in [9.17, 15) is 9.18 Å². The fourth-order valence-corrected chi connectivity index (χ4v) is 4.99. The molecule has 0 saturated heterocycles. The number of fused-ring (bicyclic) bond motifs is 2. The van der Waals surface area contributed by atoms with Crippen LogP contribution in [0.15, 0.2) is 60.9 Å². The molecule has 1 aliphatic rings. The molecule has 3 aromatic heterocycles. The monoisotopic (exact) mass is 541 g/mol. The van der Waals surface area contributed by atoms with Crippen molar-refractivity contribution in [3.8, 4) is 17.0 Å². The average Bonchev–Trinajstić information content (AvgIpc) is 3.70. The van der Waals surface area contributed by atoms with Crippen LogP contribution in [-0.2, 0) is 13.1 Å². The van der Waals surface area contributed by atoms with Crippen LogP contribution in [0.2, 0.25) is 0 Å². The van der Waals surface area contributed by atoms with Gasteiger partial charge in [-0.1, -0.05) is 19.9 Å². The van der Waals surface area contributed by atoms with Gasteiger partial charge in [0.1, 0.15) is 24.0 Å². The molecule has 3 N–H and O–H groups in total. The number of hydrogen-bond donors (Lipinski definition) is 3. The Kier molecular flexibility index (Phi) is 6.64. The first-order valence-corrected chi connectivity index (χ1v) is 13.0. The number of anilines is 2. The lowest BCUT2D eigenvalue weighted by atomic mass is 10.0. The molecule has 6 rings (SSSR count). The zero-order chi connectivity index (χ0) is 27.8. The van der Waals surface area contributed by atoms with E-state index < -0.39 is 0 Å². The minimum atomic E-state index is -0.359. The van der Waals surface area contributed by atoms with Gasteiger partial charge in [-0.3, -0.25) is 9.89 Å². The molecule has 0 fully saturated rings. The van der Waals surface area contributed by atoms with Crippen molar-refractivity contribution in [2.45, 2.75) is 32.9 Å². The van der Waals surface area contributed by atoms with Crippen LogP contribution < -0.4 is 15.0 Å². The molecule has 10 nitrogen and oxygen atoms in total. The molecule has 0 saturated carbocycles. The van der Waals surface area contributed by atoms with E-state index in [0.29, 0.717) is 36.0 Å². The maximum absolute atomic E-state index is 13.9. The van der Waals surface area contributed by atoms with Crippen molar-refractivity contribution in [1.29, 1.82) is 0 Å². The summed E-state index contributed by atoms with van der Waals surface area (Å²) >= 11 is 0. The van der Waals surface area contributed by atoms with Crippen LogP contribution in [-0.4, -0.2) is 49.0 Å². The largest absolute Gasteiger partial charge is 0.491 e. The Balaban J connectivity index is 1.40. The lowest BCUT2D eigenvalue weighted by Gasteiger charge is -2.18. The summed E-state index contributed by atoms with van der Waals surface area (Å²) in [5.41, 5.74) is 5.64. The fraction of sp³-hybridized carbons (Fsp3) is 0.241. The fourth-order valence-electron chi connectivity index (χ4n) is 4.99. The molecule has 0 aliphatic carbocycles. The minimum absolute atomic E-state index is 0.0580. The van der Waals surface area contributed by atoms with Crippen LogP contribution >= 0.6 is 0 Å². The van der Waals surface area contributed by atoms with Crippen molar-refractivity contribution in [3.63, 3.8) is 0 Å². The van der Waals surface area contributed by atoms with E-state index in [0.717, 1.165) is 27.9 Å². The summed E-state index contributed by atoms with van der Waals surface area (Å²) in [6.07, 6.45) is 3.47. The van der Waals surface area contributed by atoms with Crippen LogP contribution in [0.25, 0.3) is 16.9 Å². The summed E-state index contributed by atoms with van der Waals surface area (Å²) in [5, 5.41) is 23.6. The van der Waals surface area contributed by atoms with E-state index in [2.05, 4.69) is 20.4 Å². The smallest absolute Gasteiger partial charge is 0.276 e.